The lowest BCUT2D eigenvalue weighted by atomic mass is 9.98. The van der Waals surface area contributed by atoms with E-state index in [9.17, 15) is 18.3 Å². The Kier molecular flexibility index (Phi) is 5.05. The van der Waals surface area contributed by atoms with E-state index < -0.39 is 17.8 Å². The Balaban J connectivity index is 1.83. The number of piperidine rings is 1. The maximum atomic E-state index is 13.3. The molecule has 0 aliphatic carbocycles. The van der Waals surface area contributed by atoms with Crippen molar-refractivity contribution >= 4 is 16.3 Å². The van der Waals surface area contributed by atoms with E-state index in [0.29, 0.717) is 27.6 Å². The number of hydrogen-bond donors (Lipinski definition) is 1. The molecule has 1 aliphatic heterocycles. The van der Waals surface area contributed by atoms with Gasteiger partial charge >= 0.3 is 6.18 Å². The minimum atomic E-state index is -4.41. The highest BCUT2D eigenvalue weighted by Gasteiger charge is 2.34. The number of nitrogens with zero attached hydrogens (tertiary/aromatic N) is 4. The van der Waals surface area contributed by atoms with Crippen LogP contribution < -0.4 is 0 Å². The Morgan fingerprint density at radius 1 is 1.21 bits per heavy atom. The Labute approximate surface area is 164 Å². The highest BCUT2D eigenvalue weighted by molar-refractivity contribution is 7.17. The molecule has 0 spiro atoms. The van der Waals surface area contributed by atoms with Gasteiger partial charge in [-0.1, -0.05) is 36.8 Å². The van der Waals surface area contributed by atoms with E-state index in [1.165, 1.54) is 28.0 Å². The number of likely N-dealkylation sites (tertiary alicyclic amines) is 1. The number of benzene rings is 1. The van der Waals surface area contributed by atoms with Crippen LogP contribution in [0.4, 0.5) is 13.2 Å². The number of fused-ring (bicyclic) bond motifs is 1. The van der Waals surface area contributed by atoms with E-state index in [1.54, 1.807) is 6.07 Å². The molecule has 3 heterocycles. The SMILES string of the molecule is CCc1nc2sc([C@@H](c3cccc(C(F)(F)F)c3)N3CCCCC3)c(O)n2n1. The fourth-order valence-electron chi connectivity index (χ4n) is 3.71. The lowest BCUT2D eigenvalue weighted by molar-refractivity contribution is -0.137. The van der Waals surface area contributed by atoms with Crippen LogP contribution in [0.1, 0.15) is 54.1 Å². The van der Waals surface area contributed by atoms with Crippen molar-refractivity contribution in [2.24, 2.45) is 0 Å². The average molecular weight is 410 g/mol. The zero-order chi connectivity index (χ0) is 19.9. The van der Waals surface area contributed by atoms with Crippen LogP contribution in [0.5, 0.6) is 5.88 Å². The molecule has 9 heteroatoms. The van der Waals surface area contributed by atoms with Gasteiger partial charge in [-0.15, -0.1) is 5.10 Å². The molecular weight excluding hydrogens is 389 g/mol. The number of aryl methyl sites for hydroxylation is 1. The number of hydrogen-bond acceptors (Lipinski definition) is 5. The number of halogens is 3. The molecule has 0 bridgehead atoms. The highest BCUT2D eigenvalue weighted by Crippen LogP contribution is 2.42. The van der Waals surface area contributed by atoms with E-state index >= 15 is 0 Å². The summed E-state index contributed by atoms with van der Waals surface area (Å²) in [7, 11) is 0. The van der Waals surface area contributed by atoms with Crippen LogP contribution in [0.25, 0.3) is 4.96 Å². The molecule has 4 rings (SSSR count). The van der Waals surface area contributed by atoms with Gasteiger partial charge in [-0.25, -0.2) is 4.98 Å². The minimum Gasteiger partial charge on any atom is -0.492 e. The summed E-state index contributed by atoms with van der Waals surface area (Å²) in [6.45, 7) is 3.47. The molecule has 1 aliphatic rings. The Morgan fingerprint density at radius 3 is 2.61 bits per heavy atom. The van der Waals surface area contributed by atoms with Crippen LogP contribution in [0.15, 0.2) is 24.3 Å². The normalized spacial score (nSPS) is 17.3. The van der Waals surface area contributed by atoms with Gasteiger partial charge in [0, 0.05) is 6.42 Å². The predicted molar refractivity (Wildman–Crippen MR) is 101 cm³/mol. The van der Waals surface area contributed by atoms with Gasteiger partial charge in [0.05, 0.1) is 16.5 Å². The van der Waals surface area contributed by atoms with Gasteiger partial charge in [-0.05, 0) is 43.6 Å². The summed E-state index contributed by atoms with van der Waals surface area (Å²) < 4.78 is 41.2. The Morgan fingerprint density at radius 2 is 1.96 bits per heavy atom. The molecule has 2 aromatic heterocycles. The van der Waals surface area contributed by atoms with Crippen molar-refractivity contribution in [1.29, 1.82) is 0 Å². The van der Waals surface area contributed by atoms with E-state index in [2.05, 4.69) is 15.0 Å². The third-order valence-corrected chi connectivity index (χ3v) is 6.17. The summed E-state index contributed by atoms with van der Waals surface area (Å²) in [6.07, 6.45) is -0.695. The van der Waals surface area contributed by atoms with Crippen molar-refractivity contribution in [1.82, 2.24) is 19.5 Å². The van der Waals surface area contributed by atoms with Crippen molar-refractivity contribution < 1.29 is 18.3 Å². The third kappa shape index (κ3) is 3.48. The van der Waals surface area contributed by atoms with Gasteiger partial charge in [0.1, 0.15) is 0 Å². The molecule has 1 atom stereocenters. The summed E-state index contributed by atoms with van der Waals surface area (Å²) >= 11 is 1.29. The second-order valence-electron chi connectivity index (χ2n) is 6.99. The first-order chi connectivity index (χ1) is 13.4. The van der Waals surface area contributed by atoms with Gasteiger partial charge in [0.2, 0.25) is 10.8 Å². The molecule has 1 fully saturated rings. The molecule has 1 saturated heterocycles. The van der Waals surface area contributed by atoms with Crippen LogP contribution >= 0.6 is 11.3 Å². The zero-order valence-electron chi connectivity index (χ0n) is 15.4. The molecule has 3 aromatic rings. The molecule has 0 amide bonds. The highest BCUT2D eigenvalue weighted by atomic mass is 32.1. The topological polar surface area (TPSA) is 53.7 Å². The van der Waals surface area contributed by atoms with E-state index in [-0.39, 0.29) is 5.88 Å². The number of aromatic hydroxyl groups is 1. The fraction of sp³-hybridized carbons (Fsp3) is 0.474. The van der Waals surface area contributed by atoms with E-state index in [0.717, 1.165) is 38.4 Å². The monoisotopic (exact) mass is 410 g/mol. The number of aromatic nitrogens is 3. The Hall–Kier alpha value is -2.13. The van der Waals surface area contributed by atoms with Crippen molar-refractivity contribution in [3.8, 4) is 5.88 Å². The van der Waals surface area contributed by atoms with Gasteiger partial charge in [-0.3, -0.25) is 4.90 Å². The molecule has 5 nitrogen and oxygen atoms in total. The van der Waals surface area contributed by atoms with Crippen molar-refractivity contribution in [3.63, 3.8) is 0 Å². The second-order valence-corrected chi connectivity index (χ2v) is 8.00. The van der Waals surface area contributed by atoms with Gasteiger partial charge in [0.25, 0.3) is 0 Å². The lowest BCUT2D eigenvalue weighted by Crippen LogP contribution is -2.34. The smallest absolute Gasteiger partial charge is 0.416 e. The molecule has 28 heavy (non-hydrogen) atoms. The zero-order valence-corrected chi connectivity index (χ0v) is 16.2. The standard InChI is InChI=1S/C19H21F3N4OS/c1-2-14-23-18-26(24-14)17(27)16(28-18)15(25-9-4-3-5-10-25)12-7-6-8-13(11-12)19(20,21)22/h6-8,11,15,27H,2-5,9-10H2,1H3/t15-/m1/s1. The van der Waals surface area contributed by atoms with Crippen LogP contribution in [-0.4, -0.2) is 37.7 Å². The van der Waals surface area contributed by atoms with Gasteiger partial charge in [0.15, 0.2) is 5.82 Å². The predicted octanol–water partition coefficient (Wildman–Crippen LogP) is 4.65. The van der Waals surface area contributed by atoms with Crippen molar-refractivity contribution in [2.75, 3.05) is 13.1 Å². The number of rotatable bonds is 4. The van der Waals surface area contributed by atoms with E-state index in [4.69, 9.17) is 0 Å². The van der Waals surface area contributed by atoms with Gasteiger partial charge < -0.3 is 5.11 Å². The third-order valence-electron chi connectivity index (χ3n) is 5.09. The summed E-state index contributed by atoms with van der Waals surface area (Å²) in [5.74, 6) is 0.585. The number of alkyl halides is 3. The van der Waals surface area contributed by atoms with Crippen LogP contribution in [-0.2, 0) is 12.6 Å². The van der Waals surface area contributed by atoms with Gasteiger partial charge in [-0.2, -0.15) is 17.7 Å². The molecular formula is C19H21F3N4OS. The largest absolute Gasteiger partial charge is 0.492 e. The lowest BCUT2D eigenvalue weighted by Gasteiger charge is -2.34. The fourth-order valence-corrected chi connectivity index (χ4v) is 4.84. The summed E-state index contributed by atoms with van der Waals surface area (Å²) in [5.41, 5.74) is -0.161. The Bertz CT molecular complexity index is 975. The molecule has 1 N–H and O–H groups in total. The summed E-state index contributed by atoms with van der Waals surface area (Å²) in [4.78, 5) is 7.68. The maximum absolute atomic E-state index is 13.3. The first-order valence-electron chi connectivity index (χ1n) is 9.37. The first kappa shape index (κ1) is 19.2. The molecule has 150 valence electrons. The molecule has 0 radical (unpaired) electrons. The first-order valence-corrected chi connectivity index (χ1v) is 10.2. The summed E-state index contributed by atoms with van der Waals surface area (Å²) in [6, 6.07) is 4.93. The quantitative estimate of drug-likeness (QED) is 0.680. The number of thiazole rings is 1. The molecule has 1 aromatic carbocycles. The van der Waals surface area contributed by atoms with Crippen LogP contribution in [0, 0.1) is 0 Å². The van der Waals surface area contributed by atoms with Crippen LogP contribution in [0.2, 0.25) is 0 Å². The second kappa shape index (κ2) is 7.36. The average Bonchev–Trinajstić information content (AvgIpc) is 3.22. The molecule has 0 saturated carbocycles. The summed E-state index contributed by atoms with van der Waals surface area (Å²) in [5, 5.41) is 15.1. The van der Waals surface area contributed by atoms with E-state index in [1.807, 2.05) is 6.92 Å². The minimum absolute atomic E-state index is 0.0415. The molecule has 0 unspecified atom stereocenters. The van der Waals surface area contributed by atoms with Crippen molar-refractivity contribution in [2.45, 2.75) is 44.8 Å². The van der Waals surface area contributed by atoms with Crippen molar-refractivity contribution in [3.05, 3.63) is 46.1 Å². The maximum Gasteiger partial charge on any atom is 0.416 e. The van der Waals surface area contributed by atoms with Crippen LogP contribution in [0.3, 0.4) is 0 Å².